The quantitative estimate of drug-likeness (QED) is 0.890. The first kappa shape index (κ1) is 13.0. The summed E-state index contributed by atoms with van der Waals surface area (Å²) >= 11 is 0. The van der Waals surface area contributed by atoms with Crippen LogP contribution in [0.2, 0.25) is 0 Å². The van der Waals surface area contributed by atoms with E-state index >= 15 is 0 Å². The van der Waals surface area contributed by atoms with Crippen molar-refractivity contribution < 1.29 is 4.74 Å². The SMILES string of the molecule is CC(C)(C#N)Oc1ccc(Nc2ccccc2)cc1. The number of nitriles is 1. The van der Waals surface area contributed by atoms with E-state index in [1.807, 2.05) is 54.6 Å². The Morgan fingerprint density at radius 3 is 2.11 bits per heavy atom. The zero-order chi connectivity index (χ0) is 13.7. The molecule has 3 heteroatoms. The second kappa shape index (κ2) is 5.45. The third kappa shape index (κ3) is 3.75. The molecule has 0 saturated carbocycles. The first-order chi connectivity index (χ1) is 9.09. The number of nitrogens with one attached hydrogen (secondary N) is 1. The molecule has 19 heavy (non-hydrogen) atoms. The Morgan fingerprint density at radius 2 is 1.53 bits per heavy atom. The Bertz CT molecular complexity index is 568. The Labute approximate surface area is 113 Å². The van der Waals surface area contributed by atoms with Crippen LogP contribution in [0.25, 0.3) is 0 Å². The first-order valence-corrected chi connectivity index (χ1v) is 6.11. The maximum atomic E-state index is 8.92. The van der Waals surface area contributed by atoms with Gasteiger partial charge in [0.1, 0.15) is 11.8 Å². The van der Waals surface area contributed by atoms with Crippen LogP contribution in [0.1, 0.15) is 13.8 Å². The summed E-state index contributed by atoms with van der Waals surface area (Å²) < 4.78 is 5.57. The van der Waals surface area contributed by atoms with Gasteiger partial charge in [-0.3, -0.25) is 0 Å². The number of hydrogen-bond acceptors (Lipinski definition) is 3. The summed E-state index contributed by atoms with van der Waals surface area (Å²) in [5.74, 6) is 0.685. The average molecular weight is 252 g/mol. The molecule has 1 N–H and O–H groups in total. The lowest BCUT2D eigenvalue weighted by molar-refractivity contribution is 0.170. The summed E-state index contributed by atoms with van der Waals surface area (Å²) in [6.45, 7) is 3.48. The predicted octanol–water partition coefficient (Wildman–Crippen LogP) is 4.11. The summed E-state index contributed by atoms with van der Waals surface area (Å²) in [4.78, 5) is 0. The van der Waals surface area contributed by atoms with Crippen LogP contribution in [0.15, 0.2) is 54.6 Å². The van der Waals surface area contributed by atoms with E-state index in [0.29, 0.717) is 5.75 Å². The monoisotopic (exact) mass is 252 g/mol. The molecule has 2 aromatic rings. The molecule has 0 amide bonds. The Balaban J connectivity index is 2.05. The Morgan fingerprint density at radius 1 is 0.947 bits per heavy atom. The van der Waals surface area contributed by atoms with Gasteiger partial charge in [-0.2, -0.15) is 5.26 Å². The van der Waals surface area contributed by atoms with E-state index in [9.17, 15) is 0 Å². The maximum absolute atomic E-state index is 8.92. The fourth-order valence-corrected chi connectivity index (χ4v) is 1.61. The van der Waals surface area contributed by atoms with Crippen LogP contribution in [0.3, 0.4) is 0 Å². The minimum Gasteiger partial charge on any atom is -0.473 e. The lowest BCUT2D eigenvalue weighted by atomic mass is 10.2. The number of benzene rings is 2. The van der Waals surface area contributed by atoms with E-state index < -0.39 is 5.60 Å². The Kier molecular flexibility index (Phi) is 3.72. The van der Waals surface area contributed by atoms with Gasteiger partial charge < -0.3 is 10.1 Å². The molecule has 0 aliphatic heterocycles. The number of hydrogen-bond donors (Lipinski definition) is 1. The van der Waals surface area contributed by atoms with Gasteiger partial charge in [0.2, 0.25) is 0 Å². The number of para-hydroxylation sites is 1. The molecule has 0 radical (unpaired) electrons. The molecule has 0 bridgehead atoms. The van der Waals surface area contributed by atoms with E-state index in [4.69, 9.17) is 10.00 Å². The van der Waals surface area contributed by atoms with Crippen LogP contribution in [0, 0.1) is 11.3 Å². The molecule has 2 rings (SSSR count). The van der Waals surface area contributed by atoms with Crippen molar-refractivity contribution in [2.24, 2.45) is 0 Å². The van der Waals surface area contributed by atoms with Crippen molar-refractivity contribution in [1.29, 1.82) is 5.26 Å². The lowest BCUT2D eigenvalue weighted by Crippen LogP contribution is -2.25. The van der Waals surface area contributed by atoms with E-state index in [0.717, 1.165) is 11.4 Å². The molecule has 2 aromatic carbocycles. The van der Waals surface area contributed by atoms with Crippen molar-refractivity contribution in [3.8, 4) is 11.8 Å². The third-order valence-electron chi connectivity index (χ3n) is 2.56. The molecule has 0 aliphatic rings. The number of anilines is 2. The van der Waals surface area contributed by atoms with Gasteiger partial charge in [-0.1, -0.05) is 18.2 Å². The molecule has 0 unspecified atom stereocenters. The van der Waals surface area contributed by atoms with Gasteiger partial charge in [-0.05, 0) is 50.2 Å². The fraction of sp³-hybridized carbons (Fsp3) is 0.188. The zero-order valence-electron chi connectivity index (χ0n) is 11.1. The molecular weight excluding hydrogens is 236 g/mol. The van der Waals surface area contributed by atoms with Gasteiger partial charge in [0, 0.05) is 11.4 Å². The molecule has 0 aliphatic carbocycles. The van der Waals surface area contributed by atoms with Crippen LogP contribution in [-0.2, 0) is 0 Å². The van der Waals surface area contributed by atoms with E-state index in [1.54, 1.807) is 13.8 Å². The smallest absolute Gasteiger partial charge is 0.188 e. The summed E-state index contributed by atoms with van der Waals surface area (Å²) in [5.41, 5.74) is 1.20. The highest BCUT2D eigenvalue weighted by Gasteiger charge is 2.17. The van der Waals surface area contributed by atoms with Crippen LogP contribution < -0.4 is 10.1 Å². The van der Waals surface area contributed by atoms with Crippen molar-refractivity contribution in [3.63, 3.8) is 0 Å². The summed E-state index contributed by atoms with van der Waals surface area (Å²) in [7, 11) is 0. The minimum absolute atomic E-state index is 0.685. The van der Waals surface area contributed by atoms with E-state index in [-0.39, 0.29) is 0 Å². The van der Waals surface area contributed by atoms with Gasteiger partial charge in [0.25, 0.3) is 0 Å². The summed E-state index contributed by atoms with van der Waals surface area (Å²) in [5, 5.41) is 12.2. The highest BCUT2D eigenvalue weighted by Crippen LogP contribution is 2.22. The molecule has 96 valence electrons. The van der Waals surface area contributed by atoms with Gasteiger partial charge in [0.05, 0.1) is 0 Å². The lowest BCUT2D eigenvalue weighted by Gasteiger charge is -2.18. The van der Waals surface area contributed by atoms with Gasteiger partial charge in [-0.15, -0.1) is 0 Å². The number of nitrogens with zero attached hydrogens (tertiary/aromatic N) is 1. The topological polar surface area (TPSA) is 45.0 Å². The number of rotatable bonds is 4. The molecule has 0 saturated heterocycles. The molecule has 3 nitrogen and oxygen atoms in total. The highest BCUT2D eigenvalue weighted by atomic mass is 16.5. The predicted molar refractivity (Wildman–Crippen MR) is 76.5 cm³/mol. The van der Waals surface area contributed by atoms with Crippen LogP contribution in [0.5, 0.6) is 5.75 Å². The van der Waals surface area contributed by atoms with E-state index in [1.165, 1.54) is 0 Å². The first-order valence-electron chi connectivity index (χ1n) is 6.11. The fourth-order valence-electron chi connectivity index (χ4n) is 1.61. The second-order valence-corrected chi connectivity index (χ2v) is 4.74. The van der Waals surface area contributed by atoms with Gasteiger partial charge in [0.15, 0.2) is 5.60 Å². The minimum atomic E-state index is -0.811. The van der Waals surface area contributed by atoms with Crippen molar-refractivity contribution in [3.05, 3.63) is 54.6 Å². The van der Waals surface area contributed by atoms with Gasteiger partial charge >= 0.3 is 0 Å². The average Bonchev–Trinajstić information content (AvgIpc) is 2.42. The molecular formula is C16H16N2O. The Hall–Kier alpha value is -2.47. The molecule has 0 heterocycles. The molecule has 0 atom stereocenters. The van der Waals surface area contributed by atoms with Crippen molar-refractivity contribution in [1.82, 2.24) is 0 Å². The van der Waals surface area contributed by atoms with Gasteiger partial charge in [-0.25, -0.2) is 0 Å². The number of ether oxygens (including phenoxy) is 1. The highest BCUT2D eigenvalue weighted by molar-refractivity contribution is 5.60. The molecule has 0 spiro atoms. The second-order valence-electron chi connectivity index (χ2n) is 4.74. The third-order valence-corrected chi connectivity index (χ3v) is 2.56. The van der Waals surface area contributed by atoms with Crippen LogP contribution in [0.4, 0.5) is 11.4 Å². The summed E-state index contributed by atoms with van der Waals surface area (Å²) in [6.07, 6.45) is 0. The zero-order valence-corrected chi connectivity index (χ0v) is 11.1. The standard InChI is InChI=1S/C16H16N2O/c1-16(2,12-17)19-15-10-8-14(9-11-15)18-13-6-4-3-5-7-13/h3-11,18H,1-2H3. The molecule has 0 fully saturated rings. The summed E-state index contributed by atoms with van der Waals surface area (Å²) in [6, 6.07) is 19.6. The molecule has 0 aromatic heterocycles. The largest absolute Gasteiger partial charge is 0.473 e. The normalized spacial score (nSPS) is 10.6. The van der Waals surface area contributed by atoms with Crippen LogP contribution in [-0.4, -0.2) is 5.60 Å². The van der Waals surface area contributed by atoms with Crippen molar-refractivity contribution in [2.75, 3.05) is 5.32 Å². The van der Waals surface area contributed by atoms with Crippen LogP contribution >= 0.6 is 0 Å². The van der Waals surface area contributed by atoms with Crippen molar-refractivity contribution >= 4 is 11.4 Å². The van der Waals surface area contributed by atoms with E-state index in [2.05, 4.69) is 11.4 Å². The maximum Gasteiger partial charge on any atom is 0.188 e. The van der Waals surface area contributed by atoms with Crippen molar-refractivity contribution in [2.45, 2.75) is 19.4 Å².